The fourth-order valence-electron chi connectivity index (χ4n) is 2.11. The molecule has 0 aliphatic carbocycles. The first-order valence-electron chi connectivity index (χ1n) is 6.69. The van der Waals surface area contributed by atoms with E-state index in [-0.39, 0.29) is 6.04 Å². The van der Waals surface area contributed by atoms with E-state index in [1.54, 1.807) is 0 Å². The zero-order valence-corrected chi connectivity index (χ0v) is 14.8. The topological polar surface area (TPSA) is 42.7 Å². The van der Waals surface area contributed by atoms with Crippen LogP contribution in [-0.2, 0) is 13.0 Å². The summed E-state index contributed by atoms with van der Waals surface area (Å²) < 4.78 is 3.94. The Hall–Kier alpha value is -0.720. The van der Waals surface area contributed by atoms with Crippen molar-refractivity contribution in [2.24, 2.45) is 0 Å². The van der Waals surface area contributed by atoms with Gasteiger partial charge in [-0.25, -0.2) is 0 Å². The van der Waals surface area contributed by atoms with Crippen LogP contribution in [0.3, 0.4) is 0 Å². The lowest BCUT2D eigenvalue weighted by molar-refractivity contribution is 0.534. The molecule has 2 aromatic heterocycles. The summed E-state index contributed by atoms with van der Waals surface area (Å²) in [6.07, 6.45) is 6.73. The standard InChI is InChI=1S/C14H18Br2N4/c1-3-17-13(5-10-7-19-20(4-2)9-10)14-12(16)6-11(15)8-18-14/h6-9,13,17H,3-5H2,1-2H3. The molecule has 0 spiro atoms. The van der Waals surface area contributed by atoms with Crippen molar-refractivity contribution in [3.8, 4) is 0 Å². The molecule has 0 saturated heterocycles. The fraction of sp³-hybridized carbons (Fsp3) is 0.429. The van der Waals surface area contributed by atoms with Crippen LogP contribution in [0.2, 0.25) is 0 Å². The molecule has 0 bridgehead atoms. The number of rotatable bonds is 6. The molecule has 2 heterocycles. The van der Waals surface area contributed by atoms with Crippen LogP contribution in [0.4, 0.5) is 0 Å². The molecule has 4 nitrogen and oxygen atoms in total. The lowest BCUT2D eigenvalue weighted by Gasteiger charge is -2.18. The minimum Gasteiger partial charge on any atom is -0.309 e. The van der Waals surface area contributed by atoms with Crippen LogP contribution in [0.1, 0.15) is 31.1 Å². The SMILES string of the molecule is CCNC(Cc1cnn(CC)c1)c1ncc(Br)cc1Br. The second-order valence-corrected chi connectivity index (χ2v) is 6.31. The minimum absolute atomic E-state index is 0.178. The Kier molecular flexibility index (Phi) is 5.74. The van der Waals surface area contributed by atoms with Gasteiger partial charge >= 0.3 is 0 Å². The zero-order valence-electron chi connectivity index (χ0n) is 11.6. The van der Waals surface area contributed by atoms with E-state index in [2.05, 4.69) is 67.3 Å². The van der Waals surface area contributed by atoms with Gasteiger partial charge in [-0.15, -0.1) is 0 Å². The number of nitrogens with one attached hydrogen (secondary N) is 1. The van der Waals surface area contributed by atoms with Crippen LogP contribution in [0.15, 0.2) is 33.6 Å². The summed E-state index contributed by atoms with van der Waals surface area (Å²) in [7, 11) is 0. The van der Waals surface area contributed by atoms with Gasteiger partial charge in [-0.1, -0.05) is 6.92 Å². The third-order valence-corrected chi connectivity index (χ3v) is 4.14. The summed E-state index contributed by atoms with van der Waals surface area (Å²) in [6.45, 7) is 5.99. The molecule has 0 aliphatic heterocycles. The van der Waals surface area contributed by atoms with Crippen LogP contribution in [0.25, 0.3) is 0 Å². The number of halogens is 2. The molecule has 2 aromatic rings. The van der Waals surface area contributed by atoms with Crippen LogP contribution >= 0.6 is 31.9 Å². The van der Waals surface area contributed by atoms with Crippen molar-refractivity contribution in [3.63, 3.8) is 0 Å². The maximum Gasteiger partial charge on any atom is 0.0719 e. The van der Waals surface area contributed by atoms with Crippen LogP contribution in [-0.4, -0.2) is 21.3 Å². The molecule has 0 aromatic carbocycles. The van der Waals surface area contributed by atoms with Crippen molar-refractivity contribution in [3.05, 3.63) is 44.9 Å². The predicted octanol–water partition coefficient (Wildman–Crippen LogP) is 3.72. The van der Waals surface area contributed by atoms with Crippen molar-refractivity contribution >= 4 is 31.9 Å². The molecule has 0 radical (unpaired) electrons. The van der Waals surface area contributed by atoms with Crippen LogP contribution < -0.4 is 5.32 Å². The van der Waals surface area contributed by atoms with Gasteiger partial charge in [0.1, 0.15) is 0 Å². The average Bonchev–Trinajstić information content (AvgIpc) is 2.86. The average molecular weight is 402 g/mol. The molecule has 0 fully saturated rings. The van der Waals surface area contributed by atoms with E-state index in [0.29, 0.717) is 0 Å². The van der Waals surface area contributed by atoms with E-state index in [9.17, 15) is 0 Å². The first-order valence-corrected chi connectivity index (χ1v) is 8.28. The number of nitrogens with zero attached hydrogens (tertiary/aromatic N) is 3. The number of aromatic nitrogens is 3. The monoisotopic (exact) mass is 400 g/mol. The molecule has 1 atom stereocenters. The van der Waals surface area contributed by atoms with E-state index in [1.165, 1.54) is 5.56 Å². The van der Waals surface area contributed by atoms with Crippen molar-refractivity contribution in [1.82, 2.24) is 20.1 Å². The van der Waals surface area contributed by atoms with Crippen molar-refractivity contribution in [2.75, 3.05) is 6.54 Å². The highest BCUT2D eigenvalue weighted by molar-refractivity contribution is 9.11. The molecule has 1 N–H and O–H groups in total. The summed E-state index contributed by atoms with van der Waals surface area (Å²) in [5.41, 5.74) is 2.24. The zero-order chi connectivity index (χ0) is 14.5. The number of aryl methyl sites for hydroxylation is 1. The fourth-order valence-corrected chi connectivity index (χ4v) is 3.38. The first kappa shape index (κ1) is 15.7. The highest BCUT2D eigenvalue weighted by atomic mass is 79.9. The Bertz CT molecular complexity index is 568. The second-order valence-electron chi connectivity index (χ2n) is 4.54. The van der Waals surface area contributed by atoms with Gasteiger partial charge in [-0.2, -0.15) is 5.10 Å². The van der Waals surface area contributed by atoms with Crippen molar-refractivity contribution in [1.29, 1.82) is 0 Å². The molecule has 0 amide bonds. The third kappa shape index (κ3) is 3.90. The van der Waals surface area contributed by atoms with Gasteiger partial charge in [0.15, 0.2) is 0 Å². The smallest absolute Gasteiger partial charge is 0.0719 e. The Morgan fingerprint density at radius 2 is 2.10 bits per heavy atom. The van der Waals surface area contributed by atoms with Crippen LogP contribution in [0, 0.1) is 0 Å². The Morgan fingerprint density at radius 1 is 1.30 bits per heavy atom. The lowest BCUT2D eigenvalue weighted by atomic mass is 10.1. The number of pyridine rings is 1. The number of hydrogen-bond acceptors (Lipinski definition) is 3. The predicted molar refractivity (Wildman–Crippen MR) is 87.7 cm³/mol. The minimum atomic E-state index is 0.178. The third-order valence-electron chi connectivity index (χ3n) is 3.07. The quantitative estimate of drug-likeness (QED) is 0.801. The molecule has 2 rings (SSSR count). The molecule has 108 valence electrons. The Morgan fingerprint density at radius 3 is 2.70 bits per heavy atom. The molecular formula is C14H18Br2N4. The Balaban J connectivity index is 2.21. The largest absolute Gasteiger partial charge is 0.309 e. The molecule has 0 aliphatic rings. The van der Waals surface area contributed by atoms with Gasteiger partial charge in [-0.3, -0.25) is 9.67 Å². The maximum absolute atomic E-state index is 4.54. The Labute approximate surface area is 136 Å². The van der Waals surface area contributed by atoms with E-state index < -0.39 is 0 Å². The second kappa shape index (κ2) is 7.33. The molecular weight excluding hydrogens is 384 g/mol. The van der Waals surface area contributed by atoms with E-state index in [1.807, 2.05) is 23.1 Å². The van der Waals surface area contributed by atoms with Gasteiger partial charge in [0.05, 0.1) is 17.9 Å². The normalized spacial score (nSPS) is 12.6. The summed E-state index contributed by atoms with van der Waals surface area (Å²) in [4.78, 5) is 4.54. The van der Waals surface area contributed by atoms with Gasteiger partial charge in [0.25, 0.3) is 0 Å². The van der Waals surface area contributed by atoms with Gasteiger partial charge < -0.3 is 5.32 Å². The summed E-state index contributed by atoms with van der Waals surface area (Å²) in [5, 5.41) is 7.82. The maximum atomic E-state index is 4.54. The lowest BCUT2D eigenvalue weighted by Crippen LogP contribution is -2.24. The van der Waals surface area contributed by atoms with E-state index in [4.69, 9.17) is 0 Å². The molecule has 0 saturated carbocycles. The highest BCUT2D eigenvalue weighted by Crippen LogP contribution is 2.26. The first-order chi connectivity index (χ1) is 9.63. The summed E-state index contributed by atoms with van der Waals surface area (Å²) in [5.74, 6) is 0. The highest BCUT2D eigenvalue weighted by Gasteiger charge is 2.17. The van der Waals surface area contributed by atoms with E-state index >= 15 is 0 Å². The number of likely N-dealkylation sites (N-methyl/N-ethyl adjacent to an activating group) is 1. The molecule has 20 heavy (non-hydrogen) atoms. The molecule has 1 unspecified atom stereocenters. The summed E-state index contributed by atoms with van der Waals surface area (Å²) >= 11 is 7.03. The van der Waals surface area contributed by atoms with E-state index in [0.717, 1.165) is 34.1 Å². The van der Waals surface area contributed by atoms with Gasteiger partial charge in [-0.05, 0) is 63.4 Å². The van der Waals surface area contributed by atoms with Gasteiger partial charge in [0, 0.05) is 27.9 Å². The molecule has 6 heteroatoms. The number of hydrogen-bond donors (Lipinski definition) is 1. The van der Waals surface area contributed by atoms with Crippen LogP contribution in [0.5, 0.6) is 0 Å². The van der Waals surface area contributed by atoms with Crippen molar-refractivity contribution in [2.45, 2.75) is 32.9 Å². The van der Waals surface area contributed by atoms with Crippen molar-refractivity contribution < 1.29 is 0 Å². The summed E-state index contributed by atoms with van der Waals surface area (Å²) in [6, 6.07) is 2.21. The van der Waals surface area contributed by atoms with Gasteiger partial charge in [0.2, 0.25) is 0 Å².